The van der Waals surface area contributed by atoms with Gasteiger partial charge in [0.25, 0.3) is 5.91 Å². The van der Waals surface area contributed by atoms with Crippen LogP contribution < -0.4 is 5.32 Å². The fourth-order valence-electron chi connectivity index (χ4n) is 1.26. The Balaban J connectivity index is 1.83. The molecule has 18 heavy (non-hydrogen) atoms. The van der Waals surface area contributed by atoms with E-state index in [0.29, 0.717) is 24.7 Å². The molecule has 0 fully saturated rings. The lowest BCUT2D eigenvalue weighted by molar-refractivity contribution is 0.0948. The average Bonchev–Trinajstić information content (AvgIpc) is 2.76. The van der Waals surface area contributed by atoms with Gasteiger partial charge in [-0.05, 0) is 12.1 Å². The SMILES string of the molecule is Cc1nc(CCNC(=O)c2ccc(Cl)nn2)no1. The zero-order chi connectivity index (χ0) is 13.0. The van der Waals surface area contributed by atoms with Gasteiger partial charge in [-0.25, -0.2) is 0 Å². The second kappa shape index (κ2) is 5.54. The molecular weight excluding hydrogens is 258 g/mol. The molecule has 0 aromatic carbocycles. The third kappa shape index (κ3) is 3.24. The Morgan fingerprint density at radius 1 is 1.44 bits per heavy atom. The van der Waals surface area contributed by atoms with Crippen LogP contribution in [0.4, 0.5) is 0 Å². The molecule has 0 spiro atoms. The third-order valence-corrected chi connectivity index (χ3v) is 2.27. The Kier molecular flexibility index (Phi) is 3.83. The van der Waals surface area contributed by atoms with Crippen LogP contribution in [0.25, 0.3) is 0 Å². The molecule has 0 aliphatic carbocycles. The van der Waals surface area contributed by atoms with E-state index < -0.39 is 0 Å². The Morgan fingerprint density at radius 2 is 2.28 bits per heavy atom. The van der Waals surface area contributed by atoms with Crippen LogP contribution in [0.15, 0.2) is 16.7 Å². The first-order valence-corrected chi connectivity index (χ1v) is 5.59. The highest BCUT2D eigenvalue weighted by Gasteiger charge is 2.08. The molecule has 2 aromatic heterocycles. The smallest absolute Gasteiger partial charge is 0.271 e. The molecule has 0 atom stereocenters. The van der Waals surface area contributed by atoms with E-state index in [9.17, 15) is 4.79 Å². The number of amides is 1. The Bertz CT molecular complexity index is 539. The molecule has 1 amide bonds. The minimum atomic E-state index is -0.320. The summed E-state index contributed by atoms with van der Waals surface area (Å²) in [7, 11) is 0. The van der Waals surface area contributed by atoms with Gasteiger partial charge in [-0.15, -0.1) is 10.2 Å². The molecule has 0 saturated heterocycles. The summed E-state index contributed by atoms with van der Waals surface area (Å²) in [5.41, 5.74) is 0.212. The van der Waals surface area contributed by atoms with E-state index in [-0.39, 0.29) is 16.8 Å². The lowest BCUT2D eigenvalue weighted by Gasteiger charge is -2.01. The van der Waals surface area contributed by atoms with Gasteiger partial charge in [-0.1, -0.05) is 16.8 Å². The Labute approximate surface area is 108 Å². The summed E-state index contributed by atoms with van der Waals surface area (Å²) in [6, 6.07) is 3.01. The van der Waals surface area contributed by atoms with Crippen molar-refractivity contribution in [3.05, 3.63) is 34.7 Å². The molecule has 0 radical (unpaired) electrons. The maximum atomic E-state index is 11.6. The normalized spacial score (nSPS) is 10.3. The highest BCUT2D eigenvalue weighted by Crippen LogP contribution is 2.02. The van der Waals surface area contributed by atoms with E-state index in [1.54, 1.807) is 6.92 Å². The zero-order valence-corrected chi connectivity index (χ0v) is 10.3. The van der Waals surface area contributed by atoms with Crippen molar-refractivity contribution < 1.29 is 9.32 Å². The maximum Gasteiger partial charge on any atom is 0.271 e. The lowest BCUT2D eigenvalue weighted by Crippen LogP contribution is -2.27. The van der Waals surface area contributed by atoms with Crippen LogP contribution in [-0.2, 0) is 6.42 Å². The molecule has 94 valence electrons. The molecule has 0 aliphatic rings. The molecule has 0 aliphatic heterocycles. The van der Waals surface area contributed by atoms with Crippen LogP contribution >= 0.6 is 11.6 Å². The van der Waals surface area contributed by atoms with Gasteiger partial charge >= 0.3 is 0 Å². The van der Waals surface area contributed by atoms with Crippen molar-refractivity contribution in [1.82, 2.24) is 25.7 Å². The van der Waals surface area contributed by atoms with Crippen LogP contribution in [0.1, 0.15) is 22.2 Å². The Hall–Kier alpha value is -2.02. The summed E-state index contributed by atoms with van der Waals surface area (Å²) >= 11 is 5.57. The topological polar surface area (TPSA) is 93.8 Å². The molecule has 0 unspecified atom stereocenters. The molecule has 2 heterocycles. The van der Waals surface area contributed by atoms with Gasteiger partial charge in [0, 0.05) is 19.9 Å². The summed E-state index contributed by atoms with van der Waals surface area (Å²) < 4.78 is 4.81. The number of rotatable bonds is 4. The first kappa shape index (κ1) is 12.4. The molecular formula is C10H10ClN5O2. The number of aryl methyl sites for hydroxylation is 1. The first-order chi connectivity index (χ1) is 8.65. The second-order valence-corrected chi connectivity index (χ2v) is 3.86. The monoisotopic (exact) mass is 267 g/mol. The minimum absolute atomic E-state index is 0.212. The van der Waals surface area contributed by atoms with Crippen molar-refractivity contribution >= 4 is 17.5 Å². The molecule has 1 N–H and O–H groups in total. The average molecular weight is 268 g/mol. The van der Waals surface area contributed by atoms with Gasteiger partial charge in [0.1, 0.15) is 0 Å². The largest absolute Gasteiger partial charge is 0.350 e. The summed E-state index contributed by atoms with van der Waals surface area (Å²) in [6.45, 7) is 2.10. The Morgan fingerprint density at radius 3 is 2.89 bits per heavy atom. The van der Waals surface area contributed by atoms with Crippen molar-refractivity contribution in [3.63, 3.8) is 0 Å². The quantitative estimate of drug-likeness (QED) is 0.880. The molecule has 0 bridgehead atoms. The third-order valence-electron chi connectivity index (χ3n) is 2.07. The molecule has 2 rings (SSSR count). The van der Waals surface area contributed by atoms with Gasteiger partial charge in [-0.3, -0.25) is 4.79 Å². The number of hydrogen-bond acceptors (Lipinski definition) is 6. The maximum absolute atomic E-state index is 11.6. The summed E-state index contributed by atoms with van der Waals surface area (Å²) in [5, 5.41) is 13.9. The standard InChI is InChI=1S/C10H10ClN5O2/c1-6-13-9(16-18-6)4-5-12-10(17)7-2-3-8(11)15-14-7/h2-3H,4-5H2,1H3,(H,12,17). The minimum Gasteiger partial charge on any atom is -0.350 e. The predicted octanol–water partition coefficient (Wildman–Crippen LogP) is 0.794. The summed E-state index contributed by atoms with van der Waals surface area (Å²) in [4.78, 5) is 15.6. The van der Waals surface area contributed by atoms with Crippen LogP contribution in [0, 0.1) is 6.92 Å². The first-order valence-electron chi connectivity index (χ1n) is 5.22. The molecule has 8 heteroatoms. The van der Waals surface area contributed by atoms with E-state index in [0.717, 1.165) is 0 Å². The van der Waals surface area contributed by atoms with Crippen molar-refractivity contribution in [1.29, 1.82) is 0 Å². The van der Waals surface area contributed by atoms with Gasteiger partial charge in [0.2, 0.25) is 5.89 Å². The summed E-state index contributed by atoms with van der Waals surface area (Å²) in [6.07, 6.45) is 0.490. The predicted molar refractivity (Wildman–Crippen MR) is 62.1 cm³/mol. The highest BCUT2D eigenvalue weighted by atomic mass is 35.5. The number of halogens is 1. The second-order valence-electron chi connectivity index (χ2n) is 3.48. The number of nitrogens with one attached hydrogen (secondary N) is 1. The van der Waals surface area contributed by atoms with E-state index >= 15 is 0 Å². The van der Waals surface area contributed by atoms with E-state index in [2.05, 4.69) is 25.7 Å². The van der Waals surface area contributed by atoms with Crippen molar-refractivity contribution in [2.75, 3.05) is 6.54 Å². The van der Waals surface area contributed by atoms with E-state index in [4.69, 9.17) is 16.1 Å². The van der Waals surface area contributed by atoms with Crippen LogP contribution in [0.2, 0.25) is 5.15 Å². The zero-order valence-electron chi connectivity index (χ0n) is 9.55. The highest BCUT2D eigenvalue weighted by molar-refractivity contribution is 6.29. The number of carbonyl (C=O) groups is 1. The van der Waals surface area contributed by atoms with Crippen LogP contribution in [0.3, 0.4) is 0 Å². The van der Waals surface area contributed by atoms with E-state index in [1.807, 2.05) is 0 Å². The number of hydrogen-bond donors (Lipinski definition) is 1. The molecule has 0 saturated carbocycles. The van der Waals surface area contributed by atoms with E-state index in [1.165, 1.54) is 12.1 Å². The van der Waals surface area contributed by atoms with Crippen molar-refractivity contribution in [3.8, 4) is 0 Å². The van der Waals surface area contributed by atoms with Gasteiger partial charge in [0.05, 0.1) is 0 Å². The number of nitrogens with zero attached hydrogens (tertiary/aromatic N) is 4. The number of carbonyl (C=O) groups excluding carboxylic acids is 1. The van der Waals surface area contributed by atoms with Crippen LogP contribution in [0.5, 0.6) is 0 Å². The fourth-order valence-corrected chi connectivity index (χ4v) is 1.36. The lowest BCUT2D eigenvalue weighted by atomic mass is 10.3. The fraction of sp³-hybridized carbons (Fsp3) is 0.300. The molecule has 2 aromatic rings. The molecule has 7 nitrogen and oxygen atoms in total. The van der Waals surface area contributed by atoms with Crippen molar-refractivity contribution in [2.24, 2.45) is 0 Å². The summed E-state index contributed by atoms with van der Waals surface area (Å²) in [5.74, 6) is 0.731. The van der Waals surface area contributed by atoms with Crippen molar-refractivity contribution in [2.45, 2.75) is 13.3 Å². The van der Waals surface area contributed by atoms with Gasteiger partial charge in [-0.2, -0.15) is 4.98 Å². The van der Waals surface area contributed by atoms with Gasteiger partial charge < -0.3 is 9.84 Å². The van der Waals surface area contributed by atoms with Crippen LogP contribution in [-0.4, -0.2) is 32.8 Å². The number of aromatic nitrogens is 4. The van der Waals surface area contributed by atoms with Gasteiger partial charge in [0.15, 0.2) is 16.7 Å².